The Balaban J connectivity index is 0.000000136. The number of nitro groups is 4. The van der Waals surface area contributed by atoms with Gasteiger partial charge in [-0.2, -0.15) is 0 Å². The molecule has 0 unspecified atom stereocenters. The lowest BCUT2D eigenvalue weighted by Crippen LogP contribution is -2.14. The summed E-state index contributed by atoms with van der Waals surface area (Å²) in [5.41, 5.74) is 6.03. The summed E-state index contributed by atoms with van der Waals surface area (Å²) < 4.78 is 20.6. The molecule has 0 aliphatic carbocycles. The van der Waals surface area contributed by atoms with Crippen LogP contribution in [0.15, 0.2) is 243 Å². The molecule has 0 bridgehead atoms. The topological polar surface area (TPSA) is 449 Å². The number of nitrogens with zero attached hydrogens (tertiary/aromatic N) is 12. The van der Waals surface area contributed by atoms with Crippen LogP contribution >= 0.6 is 68.5 Å². The number of pyridine rings is 4. The van der Waals surface area contributed by atoms with Crippen LogP contribution in [0.25, 0.3) is 40.9 Å². The number of methoxy groups -OCH3 is 1. The number of hydrogen-bond acceptors (Lipinski definition) is 29. The summed E-state index contributed by atoms with van der Waals surface area (Å²) in [7, 11) is 1.59. The van der Waals surface area contributed by atoms with Gasteiger partial charge in [0.05, 0.1) is 101 Å². The number of nitrogens with one attached hydrogen (secondary N) is 8. The van der Waals surface area contributed by atoms with Crippen molar-refractivity contribution in [3.05, 3.63) is 322 Å². The number of halogens is 3. The molecule has 0 aliphatic rings. The second kappa shape index (κ2) is 36.6. The van der Waals surface area contributed by atoms with E-state index >= 15 is 0 Å². The third kappa shape index (κ3) is 20.4. The molecule has 8 aromatic heterocycles. The monoisotopic (exact) mass is 1680 g/mol. The normalized spacial score (nSPS) is 10.6. The number of fused-ring (bicyclic) bond motifs is 4. The minimum absolute atomic E-state index is 0.0179. The Labute approximate surface area is 682 Å². The van der Waals surface area contributed by atoms with Crippen molar-refractivity contribution in [2.24, 2.45) is 0 Å². The number of aromatic nitrogens is 8. The summed E-state index contributed by atoms with van der Waals surface area (Å²) in [4.78, 5) is 127. The molecule has 0 aliphatic heterocycles. The van der Waals surface area contributed by atoms with Crippen molar-refractivity contribution < 1.29 is 48.0 Å². The van der Waals surface area contributed by atoms with Gasteiger partial charge in [0.15, 0.2) is 20.5 Å². The predicted octanol–water partition coefficient (Wildman–Crippen LogP) is 19.8. The van der Waals surface area contributed by atoms with Gasteiger partial charge >= 0.3 is 0 Å². The molecular weight excluding hydrogens is 1630 g/mol. The van der Waals surface area contributed by atoms with Crippen molar-refractivity contribution in [3.63, 3.8) is 0 Å². The maximum Gasteiger partial charge on any atom is 0.270 e. The molecule has 0 spiro atoms. The highest BCUT2D eigenvalue weighted by atomic mass is 35.5. The molecule has 0 atom stereocenters. The zero-order valence-corrected chi connectivity index (χ0v) is 64.3. The second-order valence-electron chi connectivity index (χ2n) is 23.9. The van der Waals surface area contributed by atoms with E-state index in [0.29, 0.717) is 117 Å². The van der Waals surface area contributed by atoms with E-state index in [4.69, 9.17) is 27.9 Å². The first-order valence-corrected chi connectivity index (χ1v) is 37.8. The summed E-state index contributed by atoms with van der Waals surface area (Å²) in [6.07, 6.45) is 6.25. The van der Waals surface area contributed by atoms with Gasteiger partial charge < -0.3 is 26.0 Å². The van der Waals surface area contributed by atoms with Crippen LogP contribution in [0.4, 0.5) is 93.7 Å². The van der Waals surface area contributed by atoms with Gasteiger partial charge in [0.25, 0.3) is 46.4 Å². The SMILES string of the molecule is COc1ccc(Nc2ncccc2C(=O)Nc2nc3ccc([N+](=O)[O-])cc3s2)cc1.O=C(Nc1nc2ccc([N+](=O)[O-])cc2s1)c1cccnc1Nc1ccc(Cl)cc1Cl.O=C(Nc1nc2ccc([N+](=O)[O-])cc2s1)c1cccnc1Nc1ccc(F)cc1.O=C(Nc1nc2ccc([N+](=O)[O-])cc2s1)c1cccnc1Nc1ccccc1. The van der Waals surface area contributed by atoms with E-state index < -0.39 is 37.4 Å². The molecule has 0 saturated carbocycles. The van der Waals surface area contributed by atoms with E-state index in [0.717, 1.165) is 51.1 Å². The lowest BCUT2D eigenvalue weighted by molar-refractivity contribution is -0.384. The molecule has 0 saturated heterocycles. The predicted molar refractivity (Wildman–Crippen MR) is 449 cm³/mol. The fourth-order valence-corrected chi connectivity index (χ4v) is 14.6. The van der Waals surface area contributed by atoms with Crippen LogP contribution in [-0.4, -0.2) is 90.3 Å². The molecule has 16 rings (SSSR count). The fourth-order valence-electron chi connectivity index (χ4n) is 10.6. The van der Waals surface area contributed by atoms with Crippen LogP contribution in [-0.2, 0) is 0 Å². The number of nitro benzene ring substituents is 4. The smallest absolute Gasteiger partial charge is 0.270 e. The van der Waals surface area contributed by atoms with Gasteiger partial charge in [-0.3, -0.25) is 80.9 Å². The molecule has 0 radical (unpaired) electrons. The maximum absolute atomic E-state index is 13.1. The van der Waals surface area contributed by atoms with Crippen molar-refractivity contribution >= 4 is 222 Å². The minimum atomic E-state index is -0.486. The van der Waals surface area contributed by atoms with Crippen molar-refractivity contribution in [3.8, 4) is 5.75 Å². The molecule has 33 nitrogen and oxygen atoms in total. The maximum atomic E-state index is 13.1. The Hall–Kier alpha value is -15.1. The van der Waals surface area contributed by atoms with Crippen LogP contribution < -0.4 is 47.3 Å². The number of amides is 4. The first-order valence-electron chi connectivity index (χ1n) is 33.8. The zero-order chi connectivity index (χ0) is 82.2. The summed E-state index contributed by atoms with van der Waals surface area (Å²) in [5.74, 6) is 0.0960. The third-order valence-corrected chi connectivity index (χ3v) is 20.4. The Kier molecular flexibility index (Phi) is 25.0. The molecular formula is C77H51Cl2FN20O13S4. The summed E-state index contributed by atoms with van der Waals surface area (Å²) >= 11 is 16.7. The van der Waals surface area contributed by atoms with E-state index in [-0.39, 0.29) is 45.6 Å². The summed E-state index contributed by atoms with van der Waals surface area (Å²) in [6.45, 7) is 0. The Bertz CT molecular complexity index is 6490. The largest absolute Gasteiger partial charge is 0.497 e. The van der Waals surface area contributed by atoms with Crippen molar-refractivity contribution in [2.75, 3.05) is 49.6 Å². The second-order valence-corrected chi connectivity index (χ2v) is 28.8. The van der Waals surface area contributed by atoms with Gasteiger partial charge in [-0.25, -0.2) is 44.3 Å². The average molecular weight is 1680 g/mol. The van der Waals surface area contributed by atoms with Gasteiger partial charge in [-0.1, -0.05) is 86.7 Å². The minimum Gasteiger partial charge on any atom is -0.497 e. The molecule has 8 heterocycles. The number of hydrogen-bond donors (Lipinski definition) is 8. The summed E-state index contributed by atoms with van der Waals surface area (Å²) in [5, 5.41) is 69.0. The van der Waals surface area contributed by atoms with Gasteiger partial charge in [0, 0.05) is 95.4 Å². The van der Waals surface area contributed by atoms with E-state index in [1.807, 2.05) is 42.5 Å². The number of carbonyl (C=O) groups is 4. The number of rotatable bonds is 21. The molecule has 40 heteroatoms. The fraction of sp³-hybridized carbons (Fsp3) is 0.0130. The van der Waals surface area contributed by atoms with Crippen LogP contribution in [0.1, 0.15) is 41.4 Å². The van der Waals surface area contributed by atoms with Crippen LogP contribution in [0.5, 0.6) is 5.75 Å². The Morgan fingerprint density at radius 3 is 0.983 bits per heavy atom. The lowest BCUT2D eigenvalue weighted by atomic mass is 10.2. The van der Waals surface area contributed by atoms with E-state index in [1.54, 1.807) is 123 Å². The highest BCUT2D eigenvalue weighted by molar-refractivity contribution is 7.23. The molecule has 4 amide bonds. The first-order chi connectivity index (χ1) is 56.5. The van der Waals surface area contributed by atoms with Crippen LogP contribution in [0, 0.1) is 46.3 Å². The van der Waals surface area contributed by atoms with E-state index in [2.05, 4.69) is 82.4 Å². The van der Waals surface area contributed by atoms with Crippen LogP contribution in [0.3, 0.4) is 0 Å². The van der Waals surface area contributed by atoms with E-state index in [1.165, 1.54) is 96.4 Å². The number of thiazole rings is 4. The summed E-state index contributed by atoms with van der Waals surface area (Å²) in [6, 6.07) is 57.7. The Morgan fingerprint density at radius 2 is 0.675 bits per heavy atom. The van der Waals surface area contributed by atoms with Gasteiger partial charge in [0.2, 0.25) is 0 Å². The molecule has 8 N–H and O–H groups in total. The molecule has 0 fully saturated rings. The third-order valence-electron chi connectivity index (χ3n) is 16.1. The lowest BCUT2D eigenvalue weighted by Gasteiger charge is -2.11. The number of benzene rings is 8. The molecule has 117 heavy (non-hydrogen) atoms. The standard InChI is InChI=1S/C20H15N5O4S.C19H11Cl2N5O3S.C19H12FN5O3S.C19H13N5O3S/c1-29-14-7-4-12(5-8-14)22-18-15(3-2-10-21-18)19(26)24-20-23-16-9-6-13(25(27)28)11-17(16)30-20;20-10-3-5-14(13(21)8-10)23-17-12(2-1-7-22-17)18(27)25-19-24-15-6-4-11(26(28)29)9-16(15)30-19;20-11-3-5-12(6-4-11)22-17-14(2-1-9-21-17)18(26)24-19-23-15-8-7-13(25(27)28)10-16(15)29-19;25-18(14-7-4-10-20-17(14)21-12-5-2-1-3-6-12)23-19-22-15-9-8-13(24(26)27)11-16(15)28-19/h2-11H,1H3,(H,21,22)(H,23,24,26);1-9H,(H,22,23)(H,24,25,27);1-10H,(H,21,22)(H,23,24,26);1-11H,(H,20,21)(H,22,23,25). The number of carbonyl (C=O) groups excluding carboxylic acids is 4. The highest BCUT2D eigenvalue weighted by Gasteiger charge is 2.23. The van der Waals surface area contributed by atoms with Crippen molar-refractivity contribution in [1.82, 2.24) is 39.9 Å². The van der Waals surface area contributed by atoms with Gasteiger partial charge in [-0.05, 0) is 152 Å². The highest BCUT2D eigenvalue weighted by Crippen LogP contribution is 2.37. The van der Waals surface area contributed by atoms with Gasteiger partial charge in [-0.15, -0.1) is 0 Å². The Morgan fingerprint density at radius 1 is 0.368 bits per heavy atom. The van der Waals surface area contributed by atoms with E-state index in [9.17, 15) is 64.0 Å². The number of anilines is 12. The number of ether oxygens (including phenoxy) is 1. The average Bonchev–Trinajstić information content (AvgIpc) is 1.72. The van der Waals surface area contributed by atoms with Gasteiger partial charge in [0.1, 0.15) is 34.8 Å². The first kappa shape index (κ1) is 80.0. The van der Waals surface area contributed by atoms with Crippen molar-refractivity contribution in [2.45, 2.75) is 0 Å². The number of para-hydroxylation sites is 1. The molecule has 16 aromatic rings. The molecule has 582 valence electrons. The zero-order valence-electron chi connectivity index (χ0n) is 59.5. The van der Waals surface area contributed by atoms with Crippen LogP contribution in [0.2, 0.25) is 10.0 Å². The molecule has 8 aromatic carbocycles. The van der Waals surface area contributed by atoms with Crippen molar-refractivity contribution in [1.29, 1.82) is 0 Å². The quantitative estimate of drug-likeness (QED) is 0.0245. The number of non-ortho nitro benzene ring substituents is 4.